The van der Waals surface area contributed by atoms with Crippen LogP contribution < -0.4 is 0 Å². The summed E-state index contributed by atoms with van der Waals surface area (Å²) < 4.78 is 0. The third kappa shape index (κ3) is 5.70. The lowest BCUT2D eigenvalue weighted by molar-refractivity contribution is -0.131. The molecule has 21 heavy (non-hydrogen) atoms. The Bertz CT molecular complexity index is 414. The Labute approximate surface area is 133 Å². The second-order valence-corrected chi connectivity index (χ2v) is 6.41. The molecule has 0 bridgehead atoms. The Morgan fingerprint density at radius 1 is 1.14 bits per heavy atom. The summed E-state index contributed by atoms with van der Waals surface area (Å²) >= 11 is 5.86. The maximum atomic E-state index is 12.4. The predicted octanol–water partition coefficient (Wildman–Crippen LogP) is 4.61. The number of hydrogen-bond donors (Lipinski definition) is 0. The maximum Gasteiger partial charge on any atom is 0.222 e. The number of nitrogens with zero attached hydrogens (tertiary/aromatic N) is 1. The highest BCUT2D eigenvalue weighted by molar-refractivity contribution is 6.18. The van der Waals surface area contributed by atoms with Crippen molar-refractivity contribution in [3.8, 4) is 0 Å². The first kappa shape index (κ1) is 16.4. The summed E-state index contributed by atoms with van der Waals surface area (Å²) in [5.74, 6) is 1.52. The fourth-order valence-corrected chi connectivity index (χ4v) is 3.36. The fraction of sp³-hybridized carbons (Fsp3) is 0.611. The van der Waals surface area contributed by atoms with Crippen molar-refractivity contribution < 1.29 is 4.79 Å². The summed E-state index contributed by atoms with van der Waals surface area (Å²) in [6, 6.07) is 10.2. The van der Waals surface area contributed by atoms with E-state index in [-0.39, 0.29) is 5.91 Å². The summed E-state index contributed by atoms with van der Waals surface area (Å²) in [4.78, 5) is 14.4. The molecule has 2 nitrogen and oxygen atoms in total. The zero-order valence-electron chi connectivity index (χ0n) is 12.8. The van der Waals surface area contributed by atoms with Gasteiger partial charge in [0.05, 0.1) is 0 Å². The van der Waals surface area contributed by atoms with Crippen molar-refractivity contribution in [1.29, 1.82) is 0 Å². The summed E-state index contributed by atoms with van der Waals surface area (Å²) in [6.45, 7) is 1.32. The Hall–Kier alpha value is -1.02. The van der Waals surface area contributed by atoms with Gasteiger partial charge >= 0.3 is 0 Å². The first-order valence-electron chi connectivity index (χ1n) is 8.17. The van der Waals surface area contributed by atoms with E-state index in [1.807, 2.05) is 23.1 Å². The van der Waals surface area contributed by atoms with Gasteiger partial charge in [-0.15, -0.1) is 11.6 Å². The molecule has 3 heteroatoms. The number of halogens is 1. The number of carbonyl (C=O) groups excluding carboxylic acids is 1. The molecule has 0 unspecified atom stereocenters. The van der Waals surface area contributed by atoms with E-state index in [0.717, 1.165) is 12.3 Å². The average Bonchev–Trinajstić information content (AvgIpc) is 2.54. The maximum absolute atomic E-state index is 12.4. The van der Waals surface area contributed by atoms with Gasteiger partial charge in [-0.05, 0) is 17.9 Å². The summed E-state index contributed by atoms with van der Waals surface area (Å²) in [5.41, 5.74) is 1.17. The molecular weight excluding hydrogens is 282 g/mol. The molecule has 0 spiro atoms. The number of rotatable bonds is 7. The van der Waals surface area contributed by atoms with Crippen LogP contribution in [-0.4, -0.2) is 23.2 Å². The minimum absolute atomic E-state index is 0.255. The zero-order chi connectivity index (χ0) is 14.9. The van der Waals surface area contributed by atoms with E-state index in [0.29, 0.717) is 25.4 Å². The molecule has 116 valence electrons. The summed E-state index contributed by atoms with van der Waals surface area (Å²) in [7, 11) is 0. The molecule has 1 fully saturated rings. The molecule has 0 N–H and O–H groups in total. The van der Waals surface area contributed by atoms with Gasteiger partial charge in [0, 0.05) is 25.4 Å². The van der Waals surface area contributed by atoms with Gasteiger partial charge in [0.25, 0.3) is 0 Å². The van der Waals surface area contributed by atoms with Crippen molar-refractivity contribution in [3.05, 3.63) is 35.9 Å². The van der Waals surface area contributed by atoms with Crippen molar-refractivity contribution in [2.45, 2.75) is 51.5 Å². The molecule has 0 aromatic heterocycles. The fourth-order valence-electron chi connectivity index (χ4n) is 3.16. The number of hydrogen-bond acceptors (Lipinski definition) is 1. The molecule has 1 aromatic carbocycles. The van der Waals surface area contributed by atoms with Crippen molar-refractivity contribution in [2.75, 3.05) is 12.4 Å². The molecular formula is C18H26ClNO. The second-order valence-electron chi connectivity index (χ2n) is 6.03. The summed E-state index contributed by atoms with van der Waals surface area (Å²) in [6.07, 6.45) is 8.39. The number of benzene rings is 1. The van der Waals surface area contributed by atoms with Crippen molar-refractivity contribution >= 4 is 17.5 Å². The minimum atomic E-state index is 0.255. The van der Waals surface area contributed by atoms with E-state index in [1.165, 1.54) is 37.7 Å². The summed E-state index contributed by atoms with van der Waals surface area (Å²) in [5, 5.41) is 0. The van der Waals surface area contributed by atoms with Crippen LogP contribution in [0.2, 0.25) is 0 Å². The molecule has 0 heterocycles. The van der Waals surface area contributed by atoms with Gasteiger partial charge in [0.15, 0.2) is 0 Å². The molecule has 2 rings (SSSR count). The van der Waals surface area contributed by atoms with Crippen LogP contribution >= 0.6 is 11.6 Å². The largest absolute Gasteiger partial charge is 0.337 e. The topological polar surface area (TPSA) is 20.3 Å². The van der Waals surface area contributed by atoms with E-state index >= 15 is 0 Å². The second kappa shape index (κ2) is 9.09. The van der Waals surface area contributed by atoms with Gasteiger partial charge in [-0.1, -0.05) is 62.4 Å². The lowest BCUT2D eigenvalue weighted by atomic mass is 9.86. The van der Waals surface area contributed by atoms with E-state index in [9.17, 15) is 4.79 Å². The van der Waals surface area contributed by atoms with E-state index in [2.05, 4.69) is 12.1 Å². The van der Waals surface area contributed by atoms with Crippen molar-refractivity contribution in [1.82, 2.24) is 4.90 Å². The van der Waals surface area contributed by atoms with E-state index in [1.54, 1.807) is 0 Å². The van der Waals surface area contributed by atoms with Gasteiger partial charge in [0.2, 0.25) is 5.91 Å². The molecule has 1 aliphatic rings. The third-order valence-corrected chi connectivity index (χ3v) is 4.58. The molecule has 0 saturated heterocycles. The Morgan fingerprint density at radius 2 is 1.86 bits per heavy atom. The Morgan fingerprint density at radius 3 is 2.52 bits per heavy atom. The van der Waals surface area contributed by atoms with Crippen LogP contribution in [-0.2, 0) is 11.3 Å². The van der Waals surface area contributed by atoms with Gasteiger partial charge in [-0.2, -0.15) is 0 Å². The smallest absolute Gasteiger partial charge is 0.222 e. The van der Waals surface area contributed by atoms with Crippen molar-refractivity contribution in [2.24, 2.45) is 5.92 Å². The lowest BCUT2D eigenvalue weighted by Gasteiger charge is -2.25. The molecule has 1 amide bonds. The average molecular weight is 308 g/mol. The van der Waals surface area contributed by atoms with Gasteiger partial charge in [-0.3, -0.25) is 4.79 Å². The van der Waals surface area contributed by atoms with Crippen LogP contribution in [0.25, 0.3) is 0 Å². The zero-order valence-corrected chi connectivity index (χ0v) is 13.5. The molecule has 1 aromatic rings. The highest BCUT2D eigenvalue weighted by atomic mass is 35.5. The normalized spacial score (nSPS) is 15.9. The van der Waals surface area contributed by atoms with Gasteiger partial charge in [0.1, 0.15) is 0 Å². The Balaban J connectivity index is 1.83. The van der Waals surface area contributed by atoms with Gasteiger partial charge < -0.3 is 4.90 Å². The first-order chi connectivity index (χ1) is 10.3. The third-order valence-electron chi connectivity index (χ3n) is 4.41. The minimum Gasteiger partial charge on any atom is -0.337 e. The van der Waals surface area contributed by atoms with Crippen LogP contribution in [0.15, 0.2) is 30.3 Å². The van der Waals surface area contributed by atoms with Crippen LogP contribution in [0.5, 0.6) is 0 Å². The van der Waals surface area contributed by atoms with Gasteiger partial charge in [-0.25, -0.2) is 0 Å². The molecule has 0 radical (unpaired) electrons. The molecule has 0 aliphatic heterocycles. The molecule has 1 saturated carbocycles. The Kier molecular flexibility index (Phi) is 7.08. The van der Waals surface area contributed by atoms with Crippen LogP contribution in [0.3, 0.4) is 0 Å². The van der Waals surface area contributed by atoms with Crippen LogP contribution in [0.4, 0.5) is 0 Å². The van der Waals surface area contributed by atoms with Crippen molar-refractivity contribution in [3.63, 3.8) is 0 Å². The SMILES string of the molecule is O=C(CCC1CCCCC1)N(CCCl)Cc1ccccc1. The van der Waals surface area contributed by atoms with Crippen LogP contribution in [0.1, 0.15) is 50.5 Å². The molecule has 0 atom stereocenters. The monoisotopic (exact) mass is 307 g/mol. The number of amides is 1. The number of carbonyl (C=O) groups is 1. The van der Waals surface area contributed by atoms with E-state index < -0.39 is 0 Å². The first-order valence-corrected chi connectivity index (χ1v) is 8.70. The quantitative estimate of drug-likeness (QED) is 0.673. The predicted molar refractivity (Wildman–Crippen MR) is 88.4 cm³/mol. The van der Waals surface area contributed by atoms with E-state index in [4.69, 9.17) is 11.6 Å². The lowest BCUT2D eigenvalue weighted by Crippen LogP contribution is -2.32. The standard InChI is InChI=1S/C18H26ClNO/c19-13-14-20(15-17-9-5-2-6-10-17)18(21)12-11-16-7-3-1-4-8-16/h2,5-6,9-10,16H,1,3-4,7-8,11-15H2. The molecule has 1 aliphatic carbocycles. The highest BCUT2D eigenvalue weighted by Crippen LogP contribution is 2.27. The van der Waals surface area contributed by atoms with Crippen LogP contribution in [0, 0.1) is 5.92 Å². The number of alkyl halides is 1. The highest BCUT2D eigenvalue weighted by Gasteiger charge is 2.18.